The first-order chi connectivity index (χ1) is 9.08. The van der Waals surface area contributed by atoms with Gasteiger partial charge in [-0.05, 0) is 26.7 Å². The lowest BCUT2D eigenvalue weighted by Crippen LogP contribution is -2.48. The molecule has 6 heteroatoms. The second kappa shape index (κ2) is 7.99. The van der Waals surface area contributed by atoms with Crippen molar-refractivity contribution in [3.05, 3.63) is 0 Å². The summed E-state index contributed by atoms with van der Waals surface area (Å²) >= 11 is 0. The van der Waals surface area contributed by atoms with Gasteiger partial charge in [0.1, 0.15) is 0 Å². The molecule has 1 atom stereocenters. The van der Waals surface area contributed by atoms with Gasteiger partial charge in [0.2, 0.25) is 0 Å². The van der Waals surface area contributed by atoms with Gasteiger partial charge in [-0.2, -0.15) is 0 Å². The van der Waals surface area contributed by atoms with Gasteiger partial charge in [-0.3, -0.25) is 4.79 Å². The number of hydrogen-bond donors (Lipinski definition) is 1. The SMILES string of the molecule is CCOC(=O)C1CCN(C(=O)NC(C)COC)CC1. The van der Waals surface area contributed by atoms with Crippen molar-refractivity contribution in [2.45, 2.75) is 32.7 Å². The van der Waals surface area contributed by atoms with Crippen molar-refractivity contribution in [1.82, 2.24) is 10.2 Å². The van der Waals surface area contributed by atoms with E-state index in [0.29, 0.717) is 39.1 Å². The molecular formula is C13H24N2O4. The van der Waals surface area contributed by atoms with Crippen molar-refractivity contribution in [3.8, 4) is 0 Å². The van der Waals surface area contributed by atoms with E-state index in [1.807, 2.05) is 6.92 Å². The number of carbonyl (C=O) groups excluding carboxylic acids is 2. The number of nitrogens with zero attached hydrogens (tertiary/aromatic N) is 1. The molecule has 1 N–H and O–H groups in total. The number of methoxy groups -OCH3 is 1. The van der Waals surface area contributed by atoms with Crippen molar-refractivity contribution in [3.63, 3.8) is 0 Å². The molecule has 1 aliphatic rings. The Morgan fingerprint density at radius 2 is 2.00 bits per heavy atom. The van der Waals surface area contributed by atoms with Gasteiger partial charge in [0.25, 0.3) is 0 Å². The summed E-state index contributed by atoms with van der Waals surface area (Å²) in [4.78, 5) is 25.2. The van der Waals surface area contributed by atoms with Gasteiger partial charge in [-0.15, -0.1) is 0 Å². The van der Waals surface area contributed by atoms with Crippen LogP contribution < -0.4 is 5.32 Å². The molecule has 0 aromatic heterocycles. The molecule has 1 fully saturated rings. The zero-order chi connectivity index (χ0) is 14.3. The van der Waals surface area contributed by atoms with Gasteiger partial charge >= 0.3 is 12.0 Å². The first-order valence-electron chi connectivity index (χ1n) is 6.79. The molecule has 0 saturated carbocycles. The number of nitrogens with one attached hydrogen (secondary N) is 1. The third-order valence-electron chi connectivity index (χ3n) is 3.19. The van der Waals surface area contributed by atoms with Crippen LogP contribution in [0.1, 0.15) is 26.7 Å². The summed E-state index contributed by atoms with van der Waals surface area (Å²) in [7, 11) is 1.60. The van der Waals surface area contributed by atoms with E-state index in [1.165, 1.54) is 0 Å². The second-order valence-corrected chi connectivity index (χ2v) is 4.82. The van der Waals surface area contributed by atoms with Crippen LogP contribution in [-0.4, -0.2) is 56.4 Å². The lowest BCUT2D eigenvalue weighted by Gasteiger charge is -2.31. The fourth-order valence-electron chi connectivity index (χ4n) is 2.17. The normalized spacial score (nSPS) is 17.9. The Labute approximate surface area is 114 Å². The quantitative estimate of drug-likeness (QED) is 0.758. The van der Waals surface area contributed by atoms with E-state index in [4.69, 9.17) is 9.47 Å². The van der Waals surface area contributed by atoms with E-state index in [2.05, 4.69) is 5.32 Å². The Hall–Kier alpha value is -1.30. The van der Waals surface area contributed by atoms with E-state index < -0.39 is 0 Å². The van der Waals surface area contributed by atoms with Crippen LogP contribution in [0.3, 0.4) is 0 Å². The van der Waals surface area contributed by atoms with Gasteiger partial charge < -0.3 is 19.7 Å². The average Bonchev–Trinajstić information content (AvgIpc) is 2.39. The molecule has 19 heavy (non-hydrogen) atoms. The predicted molar refractivity (Wildman–Crippen MR) is 70.8 cm³/mol. The van der Waals surface area contributed by atoms with Crippen LogP contribution in [-0.2, 0) is 14.3 Å². The molecular weight excluding hydrogens is 248 g/mol. The van der Waals surface area contributed by atoms with Gasteiger partial charge in [-0.25, -0.2) is 4.79 Å². The molecule has 0 aliphatic carbocycles. The topological polar surface area (TPSA) is 67.9 Å². The first kappa shape index (κ1) is 15.8. The van der Waals surface area contributed by atoms with E-state index >= 15 is 0 Å². The molecule has 1 aliphatic heterocycles. The molecule has 1 rings (SSSR count). The Bertz CT molecular complexity index is 301. The van der Waals surface area contributed by atoms with Crippen LogP contribution in [0.4, 0.5) is 4.79 Å². The number of ether oxygens (including phenoxy) is 2. The lowest BCUT2D eigenvalue weighted by molar-refractivity contribution is -0.149. The average molecular weight is 272 g/mol. The largest absolute Gasteiger partial charge is 0.466 e. The van der Waals surface area contributed by atoms with Crippen LogP contribution in [0.15, 0.2) is 0 Å². The maximum atomic E-state index is 11.9. The lowest BCUT2D eigenvalue weighted by atomic mass is 9.97. The van der Waals surface area contributed by atoms with Gasteiger partial charge in [0.15, 0.2) is 0 Å². The summed E-state index contributed by atoms with van der Waals surface area (Å²) in [5.41, 5.74) is 0. The highest BCUT2D eigenvalue weighted by Crippen LogP contribution is 2.18. The number of hydrogen-bond acceptors (Lipinski definition) is 4. The van der Waals surface area contributed by atoms with Crippen molar-refractivity contribution >= 4 is 12.0 Å². The minimum Gasteiger partial charge on any atom is -0.466 e. The van der Waals surface area contributed by atoms with E-state index in [9.17, 15) is 9.59 Å². The first-order valence-corrected chi connectivity index (χ1v) is 6.79. The van der Waals surface area contributed by atoms with Crippen LogP contribution in [0.5, 0.6) is 0 Å². The predicted octanol–water partition coefficient (Wildman–Crippen LogP) is 1.01. The summed E-state index contributed by atoms with van der Waals surface area (Å²) in [6, 6.07) is -0.105. The molecule has 1 unspecified atom stereocenters. The number of rotatable bonds is 5. The fraction of sp³-hybridized carbons (Fsp3) is 0.846. The molecule has 1 saturated heterocycles. The van der Waals surface area contributed by atoms with Gasteiger partial charge in [-0.1, -0.05) is 0 Å². The van der Waals surface area contributed by atoms with Gasteiger partial charge in [0, 0.05) is 20.2 Å². The summed E-state index contributed by atoms with van der Waals surface area (Å²) in [6.07, 6.45) is 1.34. The zero-order valence-electron chi connectivity index (χ0n) is 12.0. The number of carbonyl (C=O) groups is 2. The molecule has 1 heterocycles. The monoisotopic (exact) mass is 272 g/mol. The van der Waals surface area contributed by atoms with Crippen LogP contribution >= 0.6 is 0 Å². The van der Waals surface area contributed by atoms with Crippen molar-refractivity contribution in [2.24, 2.45) is 5.92 Å². The van der Waals surface area contributed by atoms with Crippen LogP contribution in [0.25, 0.3) is 0 Å². The number of esters is 1. The second-order valence-electron chi connectivity index (χ2n) is 4.82. The minimum atomic E-state index is -0.143. The molecule has 0 bridgehead atoms. The Balaban J connectivity index is 2.32. The Kier molecular flexibility index (Phi) is 6.62. The number of amides is 2. The highest BCUT2D eigenvalue weighted by atomic mass is 16.5. The summed E-state index contributed by atoms with van der Waals surface area (Å²) in [5, 5.41) is 2.87. The highest BCUT2D eigenvalue weighted by molar-refractivity contribution is 5.76. The van der Waals surface area contributed by atoms with Crippen molar-refractivity contribution < 1.29 is 19.1 Å². The number of likely N-dealkylation sites (tertiary alicyclic amines) is 1. The third kappa shape index (κ3) is 5.06. The molecule has 110 valence electrons. The molecule has 0 spiro atoms. The standard InChI is InChI=1S/C13H24N2O4/c1-4-19-12(16)11-5-7-15(8-6-11)13(17)14-10(2)9-18-3/h10-11H,4-9H2,1-3H3,(H,14,17). The zero-order valence-corrected chi connectivity index (χ0v) is 12.0. The molecule has 0 radical (unpaired) electrons. The summed E-state index contributed by atoms with van der Waals surface area (Å²) < 4.78 is 9.97. The van der Waals surface area contributed by atoms with E-state index in [1.54, 1.807) is 18.9 Å². The molecule has 0 aromatic rings. The maximum Gasteiger partial charge on any atom is 0.317 e. The van der Waals surface area contributed by atoms with Crippen molar-refractivity contribution in [2.75, 3.05) is 33.4 Å². The van der Waals surface area contributed by atoms with E-state index in [0.717, 1.165) is 0 Å². The minimum absolute atomic E-state index is 0.0136. The number of urea groups is 1. The van der Waals surface area contributed by atoms with Crippen LogP contribution in [0.2, 0.25) is 0 Å². The van der Waals surface area contributed by atoms with Gasteiger partial charge in [0.05, 0.1) is 25.2 Å². The Morgan fingerprint density at radius 1 is 1.37 bits per heavy atom. The number of piperidine rings is 1. The van der Waals surface area contributed by atoms with Crippen molar-refractivity contribution in [1.29, 1.82) is 0 Å². The Morgan fingerprint density at radius 3 is 2.53 bits per heavy atom. The molecule has 2 amide bonds. The smallest absolute Gasteiger partial charge is 0.317 e. The molecule has 0 aromatic carbocycles. The van der Waals surface area contributed by atoms with Crippen LogP contribution in [0, 0.1) is 5.92 Å². The fourth-order valence-corrected chi connectivity index (χ4v) is 2.17. The van der Waals surface area contributed by atoms with E-state index in [-0.39, 0.29) is 24.0 Å². The summed E-state index contributed by atoms with van der Waals surface area (Å²) in [6.45, 7) is 5.79. The maximum absolute atomic E-state index is 11.9. The molecule has 6 nitrogen and oxygen atoms in total. The summed E-state index contributed by atoms with van der Waals surface area (Å²) in [5.74, 6) is -0.212. The highest BCUT2D eigenvalue weighted by Gasteiger charge is 2.28. The third-order valence-corrected chi connectivity index (χ3v) is 3.19.